The van der Waals surface area contributed by atoms with E-state index < -0.39 is 0 Å². The minimum Gasteiger partial charge on any atom is -0.192 e. The van der Waals surface area contributed by atoms with Crippen LogP contribution in [0.15, 0.2) is 22.1 Å². The predicted octanol–water partition coefficient (Wildman–Crippen LogP) is 2.09. The molecule has 0 saturated heterocycles. The quantitative estimate of drug-likeness (QED) is 0.543. The molecule has 1 saturated carbocycles. The molecule has 11 heavy (non-hydrogen) atoms. The minimum absolute atomic E-state index is 0.727. The molecular weight excluding hydrogens is 154 g/mol. The van der Waals surface area contributed by atoms with Gasteiger partial charge in [-0.1, -0.05) is 11.6 Å². The second kappa shape index (κ2) is 1.73. The summed E-state index contributed by atoms with van der Waals surface area (Å²) in [6.45, 7) is 0. The molecule has 0 spiro atoms. The largest absolute Gasteiger partial charge is 0.192 e. The lowest BCUT2D eigenvalue weighted by molar-refractivity contribution is 0.657. The summed E-state index contributed by atoms with van der Waals surface area (Å²) in [5.41, 5.74) is 2.95. The van der Waals surface area contributed by atoms with Crippen LogP contribution in [-0.2, 0) is 0 Å². The summed E-state index contributed by atoms with van der Waals surface area (Å²) in [4.78, 5) is 0.981. The second-order valence-corrected chi connectivity index (χ2v) is 4.37. The van der Waals surface area contributed by atoms with Crippen LogP contribution in [0.4, 0.5) is 0 Å². The molecule has 2 unspecified atom stereocenters. The molecule has 3 aliphatic rings. The molecule has 0 aromatic heterocycles. The zero-order chi connectivity index (χ0) is 7.42. The van der Waals surface area contributed by atoms with Crippen LogP contribution in [0.2, 0.25) is 0 Å². The summed E-state index contributed by atoms with van der Waals surface area (Å²) in [5, 5.41) is 8.76. The maximum Gasteiger partial charge on any atom is 0.106 e. The third-order valence-electron chi connectivity index (χ3n) is 2.77. The Hall–Kier alpha value is -0.680. The number of rotatable bonds is 0. The van der Waals surface area contributed by atoms with Crippen molar-refractivity contribution < 1.29 is 0 Å². The number of nitrogens with zero attached hydrogens (tertiary/aromatic N) is 1. The van der Waals surface area contributed by atoms with Gasteiger partial charge in [-0.3, -0.25) is 0 Å². The molecule has 1 fully saturated rings. The molecule has 2 heteroatoms. The van der Waals surface area contributed by atoms with Crippen molar-refractivity contribution in [3.8, 4) is 6.07 Å². The van der Waals surface area contributed by atoms with Crippen LogP contribution in [0, 0.1) is 23.2 Å². The van der Waals surface area contributed by atoms with E-state index in [0.29, 0.717) is 0 Å². The summed E-state index contributed by atoms with van der Waals surface area (Å²) >= 11 is 1.74. The highest BCUT2D eigenvalue weighted by atomic mass is 32.2. The highest BCUT2D eigenvalue weighted by Gasteiger charge is 2.47. The average Bonchev–Trinajstić information content (AvgIpc) is 2.55. The zero-order valence-electron chi connectivity index (χ0n) is 6.00. The Kier molecular flexibility index (Phi) is 0.928. The number of allylic oxidation sites excluding steroid dienone is 4. The van der Waals surface area contributed by atoms with Gasteiger partial charge in [-0.25, -0.2) is 0 Å². The van der Waals surface area contributed by atoms with E-state index in [4.69, 9.17) is 5.26 Å². The Morgan fingerprint density at radius 2 is 2.45 bits per heavy atom. The van der Waals surface area contributed by atoms with Gasteiger partial charge in [0.25, 0.3) is 0 Å². The van der Waals surface area contributed by atoms with Gasteiger partial charge in [0.1, 0.15) is 6.07 Å². The molecule has 0 N–H and O–H groups in total. The average molecular weight is 161 g/mol. The molecule has 0 radical (unpaired) electrons. The van der Waals surface area contributed by atoms with Crippen LogP contribution in [0.3, 0.4) is 0 Å². The van der Waals surface area contributed by atoms with E-state index in [1.807, 2.05) is 0 Å². The van der Waals surface area contributed by atoms with Crippen molar-refractivity contribution >= 4 is 11.8 Å². The van der Waals surface area contributed by atoms with E-state index >= 15 is 0 Å². The van der Waals surface area contributed by atoms with Gasteiger partial charge in [0.05, 0.1) is 4.91 Å². The van der Waals surface area contributed by atoms with Gasteiger partial charge in [0, 0.05) is 11.7 Å². The fourth-order valence-electron chi connectivity index (χ4n) is 2.08. The van der Waals surface area contributed by atoms with E-state index in [1.54, 1.807) is 17.3 Å². The Morgan fingerprint density at radius 1 is 1.55 bits per heavy atom. The van der Waals surface area contributed by atoms with Crippen molar-refractivity contribution in [1.82, 2.24) is 0 Å². The first-order valence-corrected chi connectivity index (χ1v) is 4.86. The van der Waals surface area contributed by atoms with Crippen LogP contribution in [0.25, 0.3) is 0 Å². The van der Waals surface area contributed by atoms with Crippen molar-refractivity contribution in [2.75, 3.05) is 5.75 Å². The van der Waals surface area contributed by atoms with Crippen molar-refractivity contribution in [2.24, 2.45) is 11.8 Å². The standard InChI is InChI=1S/C9H7NS/c10-3-9-7-2-5-1-6(5)8(7)4-11-9/h2,6,8H,1,4H2. The highest BCUT2D eigenvalue weighted by Crippen LogP contribution is 2.58. The van der Waals surface area contributed by atoms with Gasteiger partial charge in [-0.15, -0.1) is 11.8 Å². The third kappa shape index (κ3) is 0.623. The second-order valence-electron chi connectivity index (χ2n) is 3.34. The molecular formula is C9H7NS. The lowest BCUT2D eigenvalue weighted by Crippen LogP contribution is -1.99. The molecule has 2 aliphatic carbocycles. The van der Waals surface area contributed by atoms with Gasteiger partial charge >= 0.3 is 0 Å². The summed E-state index contributed by atoms with van der Waals surface area (Å²) in [6, 6.07) is 2.27. The normalized spacial score (nSPS) is 37.9. The van der Waals surface area contributed by atoms with Gasteiger partial charge in [0.15, 0.2) is 0 Å². The minimum atomic E-state index is 0.727. The topological polar surface area (TPSA) is 23.8 Å². The highest BCUT2D eigenvalue weighted by molar-refractivity contribution is 8.03. The lowest BCUT2D eigenvalue weighted by atomic mass is 10.0. The van der Waals surface area contributed by atoms with Crippen LogP contribution in [-0.4, -0.2) is 5.75 Å². The number of thioether (sulfide) groups is 1. The molecule has 0 aromatic carbocycles. The van der Waals surface area contributed by atoms with Crippen LogP contribution < -0.4 is 0 Å². The fourth-order valence-corrected chi connectivity index (χ4v) is 3.28. The Morgan fingerprint density at radius 3 is 3.27 bits per heavy atom. The lowest BCUT2D eigenvalue weighted by Gasteiger charge is -2.02. The molecule has 3 rings (SSSR count). The Balaban J connectivity index is 2.13. The summed E-state index contributed by atoms with van der Waals surface area (Å²) < 4.78 is 0. The molecule has 1 heterocycles. The molecule has 54 valence electrons. The fraction of sp³-hybridized carbons (Fsp3) is 0.444. The van der Waals surface area contributed by atoms with Crippen LogP contribution in [0.5, 0.6) is 0 Å². The molecule has 1 nitrogen and oxygen atoms in total. The van der Waals surface area contributed by atoms with Crippen molar-refractivity contribution in [2.45, 2.75) is 6.42 Å². The predicted molar refractivity (Wildman–Crippen MR) is 44.8 cm³/mol. The molecule has 0 bridgehead atoms. The molecule has 0 amide bonds. The third-order valence-corrected chi connectivity index (χ3v) is 3.91. The van der Waals surface area contributed by atoms with Crippen molar-refractivity contribution in [3.63, 3.8) is 0 Å². The summed E-state index contributed by atoms with van der Waals surface area (Å²) in [6.07, 6.45) is 3.57. The first-order valence-electron chi connectivity index (χ1n) is 3.87. The summed E-state index contributed by atoms with van der Waals surface area (Å²) in [7, 11) is 0. The first-order chi connectivity index (χ1) is 5.40. The Bertz CT molecular complexity index is 332. The molecule has 0 aromatic rings. The van der Waals surface area contributed by atoms with Crippen molar-refractivity contribution in [3.05, 3.63) is 22.1 Å². The zero-order valence-corrected chi connectivity index (χ0v) is 6.82. The summed E-state index contributed by atoms with van der Waals surface area (Å²) in [5.74, 6) is 2.73. The number of fused-ring (bicyclic) bond motifs is 3. The van der Waals surface area contributed by atoms with E-state index in [1.165, 1.54) is 12.0 Å². The first kappa shape index (κ1) is 5.91. The number of hydrogen-bond donors (Lipinski definition) is 0. The van der Waals surface area contributed by atoms with Crippen LogP contribution in [0.1, 0.15) is 6.42 Å². The molecule has 2 atom stereocenters. The monoisotopic (exact) mass is 161 g/mol. The molecule has 1 aliphatic heterocycles. The van der Waals surface area contributed by atoms with E-state index in [2.05, 4.69) is 12.1 Å². The van der Waals surface area contributed by atoms with Gasteiger partial charge < -0.3 is 0 Å². The maximum absolute atomic E-state index is 8.76. The van der Waals surface area contributed by atoms with Crippen LogP contribution >= 0.6 is 11.8 Å². The van der Waals surface area contributed by atoms with E-state index in [0.717, 1.165) is 22.5 Å². The van der Waals surface area contributed by atoms with Gasteiger partial charge in [0.2, 0.25) is 0 Å². The van der Waals surface area contributed by atoms with Crippen molar-refractivity contribution in [1.29, 1.82) is 5.26 Å². The maximum atomic E-state index is 8.76. The Labute approximate surface area is 69.8 Å². The smallest absolute Gasteiger partial charge is 0.106 e. The van der Waals surface area contributed by atoms with E-state index in [9.17, 15) is 0 Å². The number of hydrogen-bond acceptors (Lipinski definition) is 2. The van der Waals surface area contributed by atoms with E-state index in [-0.39, 0.29) is 0 Å². The van der Waals surface area contributed by atoms with Gasteiger partial charge in [-0.2, -0.15) is 5.26 Å². The SMILES string of the molecule is N#CC1=C2C=C3CC3C2CS1. The van der Waals surface area contributed by atoms with Gasteiger partial charge in [-0.05, 0) is 17.9 Å². The number of nitriles is 1.